The van der Waals surface area contributed by atoms with Gasteiger partial charge in [0.1, 0.15) is 15.6 Å². The van der Waals surface area contributed by atoms with Crippen LogP contribution >= 0.6 is 11.3 Å². The maximum Gasteiger partial charge on any atom is 0.265 e. The van der Waals surface area contributed by atoms with Crippen molar-refractivity contribution in [3.8, 4) is 16.3 Å². The largest absolute Gasteiger partial charge is 0.494 e. The molecule has 0 radical (unpaired) electrons. The maximum atomic E-state index is 12.9. The number of aryl methyl sites for hydroxylation is 1. The molecule has 0 bridgehead atoms. The van der Waals surface area contributed by atoms with Crippen molar-refractivity contribution in [1.29, 1.82) is 0 Å². The molecule has 0 saturated carbocycles. The van der Waals surface area contributed by atoms with E-state index < -0.39 is 0 Å². The Balaban J connectivity index is 1.78. The van der Waals surface area contributed by atoms with Gasteiger partial charge in [-0.05, 0) is 58.0 Å². The van der Waals surface area contributed by atoms with Crippen molar-refractivity contribution < 1.29 is 9.53 Å². The van der Waals surface area contributed by atoms with Gasteiger partial charge in [0.15, 0.2) is 0 Å². The third-order valence-corrected chi connectivity index (χ3v) is 5.71. The number of carbonyl (C=O) groups is 1. The van der Waals surface area contributed by atoms with Gasteiger partial charge in [0.05, 0.1) is 12.3 Å². The number of ether oxygens (including phenoxy) is 1. The molecule has 1 aromatic carbocycles. The number of rotatable bonds is 5. The molecule has 5 nitrogen and oxygen atoms in total. The molecule has 6 heteroatoms. The van der Waals surface area contributed by atoms with Gasteiger partial charge in [-0.15, -0.1) is 11.3 Å². The Labute approximate surface area is 153 Å². The van der Waals surface area contributed by atoms with Crippen molar-refractivity contribution in [2.24, 2.45) is 0 Å². The van der Waals surface area contributed by atoms with Crippen LogP contribution in [0.4, 0.5) is 0 Å². The third-order valence-electron chi connectivity index (χ3n) is 4.52. The number of hydrogen-bond acceptors (Lipinski definition) is 5. The van der Waals surface area contributed by atoms with Gasteiger partial charge in [0, 0.05) is 24.7 Å². The van der Waals surface area contributed by atoms with Crippen molar-refractivity contribution in [2.45, 2.75) is 32.7 Å². The summed E-state index contributed by atoms with van der Waals surface area (Å²) in [6.07, 6.45) is 2.17. The van der Waals surface area contributed by atoms with Crippen molar-refractivity contribution in [3.63, 3.8) is 0 Å². The summed E-state index contributed by atoms with van der Waals surface area (Å²) in [5.41, 5.74) is 1.83. The highest BCUT2D eigenvalue weighted by Crippen LogP contribution is 2.30. The average Bonchev–Trinajstić information content (AvgIpc) is 3.03. The monoisotopic (exact) mass is 359 g/mol. The summed E-state index contributed by atoms with van der Waals surface area (Å²) in [6, 6.07) is 8.26. The number of likely N-dealkylation sites (tertiary alicyclic amines) is 1. The van der Waals surface area contributed by atoms with E-state index in [0.29, 0.717) is 12.6 Å². The molecule has 1 aliphatic heterocycles. The number of hydrogen-bond donors (Lipinski definition) is 1. The fraction of sp³-hybridized carbons (Fsp3) is 0.474. The van der Waals surface area contributed by atoms with Gasteiger partial charge < -0.3 is 15.0 Å². The third kappa shape index (κ3) is 4.02. The average molecular weight is 359 g/mol. The SMILES string of the molecule is CCOc1ccc(-c2nc(C)c(C(=O)N3CCCC(NC)C3)s2)cc1. The fourth-order valence-corrected chi connectivity index (χ4v) is 4.16. The minimum Gasteiger partial charge on any atom is -0.494 e. The van der Waals surface area contributed by atoms with E-state index in [1.54, 1.807) is 0 Å². The van der Waals surface area contributed by atoms with Crippen LogP contribution in [0.15, 0.2) is 24.3 Å². The minimum atomic E-state index is 0.104. The summed E-state index contributed by atoms with van der Waals surface area (Å²) >= 11 is 1.48. The highest BCUT2D eigenvalue weighted by molar-refractivity contribution is 7.17. The van der Waals surface area contributed by atoms with Crippen molar-refractivity contribution in [1.82, 2.24) is 15.2 Å². The van der Waals surface area contributed by atoms with Crippen molar-refractivity contribution in [3.05, 3.63) is 34.8 Å². The van der Waals surface area contributed by atoms with Gasteiger partial charge in [-0.3, -0.25) is 4.79 Å². The van der Waals surface area contributed by atoms with Crippen molar-refractivity contribution in [2.75, 3.05) is 26.7 Å². The van der Waals surface area contributed by atoms with Crippen LogP contribution in [-0.4, -0.2) is 48.6 Å². The van der Waals surface area contributed by atoms with E-state index in [0.717, 1.165) is 52.8 Å². The van der Waals surface area contributed by atoms with Crippen LogP contribution in [0.2, 0.25) is 0 Å². The Kier molecular flexibility index (Phi) is 5.71. The zero-order chi connectivity index (χ0) is 17.8. The lowest BCUT2D eigenvalue weighted by atomic mass is 10.1. The number of aromatic nitrogens is 1. The van der Waals surface area contributed by atoms with Gasteiger partial charge in [-0.25, -0.2) is 4.98 Å². The molecule has 1 fully saturated rings. The summed E-state index contributed by atoms with van der Waals surface area (Å²) in [5.74, 6) is 0.953. The fourth-order valence-electron chi connectivity index (χ4n) is 3.12. The quantitative estimate of drug-likeness (QED) is 0.890. The van der Waals surface area contributed by atoms with E-state index >= 15 is 0 Å². The first kappa shape index (κ1) is 17.9. The van der Waals surface area contributed by atoms with Crippen LogP contribution in [0.25, 0.3) is 10.6 Å². The topological polar surface area (TPSA) is 54.5 Å². The Hall–Kier alpha value is -1.92. The molecule has 1 aromatic heterocycles. The molecular formula is C19H25N3O2S. The summed E-state index contributed by atoms with van der Waals surface area (Å²) in [4.78, 5) is 20.2. The van der Waals surface area contributed by atoms with E-state index in [1.165, 1.54) is 11.3 Å². The van der Waals surface area contributed by atoms with Crippen LogP contribution in [0.5, 0.6) is 5.75 Å². The van der Waals surface area contributed by atoms with Gasteiger partial charge >= 0.3 is 0 Å². The lowest BCUT2D eigenvalue weighted by Gasteiger charge is -2.32. The number of amides is 1. The maximum absolute atomic E-state index is 12.9. The predicted molar refractivity (Wildman–Crippen MR) is 101 cm³/mol. The summed E-state index contributed by atoms with van der Waals surface area (Å²) in [5, 5.41) is 4.16. The van der Waals surface area contributed by atoms with Crippen molar-refractivity contribution >= 4 is 17.2 Å². The second-order valence-electron chi connectivity index (χ2n) is 6.27. The number of piperidine rings is 1. The number of thiazole rings is 1. The second kappa shape index (κ2) is 7.97. The first-order valence-corrected chi connectivity index (χ1v) is 9.61. The van der Waals surface area contributed by atoms with Gasteiger partial charge in [-0.2, -0.15) is 0 Å². The molecule has 1 aliphatic rings. The standard InChI is InChI=1S/C19H25N3O2S/c1-4-24-16-9-7-14(8-10-16)18-21-13(2)17(25-18)19(23)22-11-5-6-15(12-22)20-3/h7-10,15,20H,4-6,11-12H2,1-3H3. The molecular weight excluding hydrogens is 334 g/mol. The highest BCUT2D eigenvalue weighted by atomic mass is 32.1. The van der Waals surface area contributed by atoms with Crippen LogP contribution < -0.4 is 10.1 Å². The normalized spacial score (nSPS) is 17.6. The predicted octanol–water partition coefficient (Wildman–Crippen LogP) is 3.34. The Morgan fingerprint density at radius 1 is 1.40 bits per heavy atom. The van der Waals surface area contributed by atoms with Gasteiger partial charge in [0.25, 0.3) is 5.91 Å². The smallest absolute Gasteiger partial charge is 0.265 e. The molecule has 2 heterocycles. The molecule has 25 heavy (non-hydrogen) atoms. The van der Waals surface area contributed by atoms with Gasteiger partial charge in [-0.1, -0.05) is 0 Å². The summed E-state index contributed by atoms with van der Waals surface area (Å²) in [7, 11) is 1.96. The minimum absolute atomic E-state index is 0.104. The van der Waals surface area contributed by atoms with Crippen LogP contribution in [0, 0.1) is 6.92 Å². The molecule has 0 aliphatic carbocycles. The lowest BCUT2D eigenvalue weighted by Crippen LogP contribution is -2.46. The zero-order valence-corrected chi connectivity index (χ0v) is 15.9. The second-order valence-corrected chi connectivity index (χ2v) is 7.27. The summed E-state index contributed by atoms with van der Waals surface area (Å²) in [6.45, 7) is 6.13. The Bertz CT molecular complexity index is 727. The summed E-state index contributed by atoms with van der Waals surface area (Å²) < 4.78 is 5.48. The lowest BCUT2D eigenvalue weighted by molar-refractivity contribution is 0.0702. The van der Waals surface area contributed by atoms with E-state index in [-0.39, 0.29) is 5.91 Å². The first-order valence-electron chi connectivity index (χ1n) is 8.79. The molecule has 3 rings (SSSR count). The van der Waals surface area contributed by atoms with Gasteiger partial charge in [0.2, 0.25) is 0 Å². The molecule has 1 amide bonds. The molecule has 1 unspecified atom stereocenters. The van der Waals surface area contributed by atoms with E-state index in [1.807, 2.05) is 50.1 Å². The number of nitrogens with zero attached hydrogens (tertiary/aromatic N) is 2. The van der Waals surface area contributed by atoms with E-state index in [2.05, 4.69) is 10.3 Å². The highest BCUT2D eigenvalue weighted by Gasteiger charge is 2.26. The molecule has 1 atom stereocenters. The molecule has 1 N–H and O–H groups in total. The Morgan fingerprint density at radius 2 is 2.16 bits per heavy atom. The zero-order valence-electron chi connectivity index (χ0n) is 15.0. The number of carbonyl (C=O) groups excluding carboxylic acids is 1. The van der Waals surface area contributed by atoms with E-state index in [4.69, 9.17) is 4.74 Å². The number of nitrogens with one attached hydrogen (secondary N) is 1. The molecule has 1 saturated heterocycles. The molecule has 2 aromatic rings. The first-order chi connectivity index (χ1) is 12.1. The van der Waals surface area contributed by atoms with Crippen LogP contribution in [0.1, 0.15) is 35.1 Å². The van der Waals surface area contributed by atoms with E-state index in [9.17, 15) is 4.79 Å². The number of likely N-dealkylation sites (N-methyl/N-ethyl adjacent to an activating group) is 1. The van der Waals surface area contributed by atoms with Crippen LogP contribution in [-0.2, 0) is 0 Å². The van der Waals surface area contributed by atoms with Crippen LogP contribution in [0.3, 0.4) is 0 Å². The molecule has 134 valence electrons. The number of benzene rings is 1. The molecule has 0 spiro atoms. The Morgan fingerprint density at radius 3 is 2.84 bits per heavy atom.